The van der Waals surface area contributed by atoms with Crippen LogP contribution in [0.25, 0.3) is 11.3 Å². The Morgan fingerprint density at radius 2 is 1.81 bits per heavy atom. The Morgan fingerprint density at radius 1 is 1.07 bits per heavy atom. The average Bonchev–Trinajstić information content (AvgIpc) is 3.16. The van der Waals surface area contributed by atoms with Crippen LogP contribution < -0.4 is 14.8 Å². The maximum atomic E-state index is 12.3. The molecule has 6 heteroatoms. The monoisotopic (exact) mass is 382 g/mol. The van der Waals surface area contributed by atoms with E-state index in [-0.39, 0.29) is 12.3 Å². The van der Waals surface area contributed by atoms with Gasteiger partial charge in [-0.1, -0.05) is 19.1 Å². The summed E-state index contributed by atoms with van der Waals surface area (Å²) >= 11 is 1.47. The Balaban J connectivity index is 1.67. The molecule has 0 saturated carbocycles. The van der Waals surface area contributed by atoms with Gasteiger partial charge in [0.05, 0.1) is 26.3 Å². The van der Waals surface area contributed by atoms with Gasteiger partial charge in [0.1, 0.15) is 5.01 Å². The van der Waals surface area contributed by atoms with Crippen LogP contribution in [0.3, 0.4) is 0 Å². The molecule has 5 nitrogen and oxygen atoms in total. The first-order valence-electron chi connectivity index (χ1n) is 8.68. The summed E-state index contributed by atoms with van der Waals surface area (Å²) in [5.41, 5.74) is 3.78. The first-order chi connectivity index (χ1) is 13.1. The molecule has 3 aromatic rings. The van der Waals surface area contributed by atoms with Crippen LogP contribution >= 0.6 is 11.3 Å². The van der Waals surface area contributed by atoms with Gasteiger partial charge in [-0.25, -0.2) is 4.98 Å². The molecular weight excluding hydrogens is 360 g/mol. The van der Waals surface area contributed by atoms with Gasteiger partial charge < -0.3 is 14.8 Å². The van der Waals surface area contributed by atoms with Crippen LogP contribution in [0.2, 0.25) is 0 Å². The normalized spacial score (nSPS) is 10.5. The molecule has 0 atom stereocenters. The lowest BCUT2D eigenvalue weighted by Gasteiger charge is -2.08. The van der Waals surface area contributed by atoms with E-state index in [1.165, 1.54) is 16.9 Å². The van der Waals surface area contributed by atoms with E-state index in [2.05, 4.69) is 17.2 Å². The number of thiazole rings is 1. The van der Waals surface area contributed by atoms with Crippen LogP contribution in [0.4, 0.5) is 5.69 Å². The smallest absolute Gasteiger partial charge is 0.231 e. The molecule has 0 fully saturated rings. The highest BCUT2D eigenvalue weighted by molar-refractivity contribution is 7.10. The summed E-state index contributed by atoms with van der Waals surface area (Å²) in [5, 5.41) is 5.63. The van der Waals surface area contributed by atoms with Crippen molar-refractivity contribution < 1.29 is 14.3 Å². The Hall–Kier alpha value is -2.86. The van der Waals surface area contributed by atoms with E-state index < -0.39 is 0 Å². The minimum Gasteiger partial charge on any atom is -0.493 e. The van der Waals surface area contributed by atoms with Gasteiger partial charge in [-0.15, -0.1) is 11.3 Å². The van der Waals surface area contributed by atoms with Crippen molar-refractivity contribution in [2.45, 2.75) is 19.8 Å². The minimum absolute atomic E-state index is 0.0764. The van der Waals surface area contributed by atoms with Gasteiger partial charge in [-0.3, -0.25) is 4.79 Å². The highest BCUT2D eigenvalue weighted by atomic mass is 32.1. The number of benzene rings is 2. The summed E-state index contributed by atoms with van der Waals surface area (Å²) in [5.74, 6) is 1.25. The van der Waals surface area contributed by atoms with Crippen LogP contribution in [0.5, 0.6) is 11.5 Å². The van der Waals surface area contributed by atoms with Crippen molar-refractivity contribution in [1.29, 1.82) is 0 Å². The van der Waals surface area contributed by atoms with Crippen molar-refractivity contribution in [1.82, 2.24) is 4.98 Å². The molecule has 3 rings (SSSR count). The third kappa shape index (κ3) is 4.65. The molecule has 0 saturated heterocycles. The van der Waals surface area contributed by atoms with Crippen molar-refractivity contribution in [3.05, 3.63) is 58.4 Å². The summed E-state index contributed by atoms with van der Waals surface area (Å²) in [6.07, 6.45) is 1.22. The van der Waals surface area contributed by atoms with Crippen LogP contribution in [0.15, 0.2) is 47.8 Å². The van der Waals surface area contributed by atoms with E-state index in [4.69, 9.17) is 9.47 Å². The molecule has 1 aromatic heterocycles. The zero-order valence-electron chi connectivity index (χ0n) is 15.6. The number of carbonyl (C=O) groups excluding carboxylic acids is 1. The molecule has 0 unspecified atom stereocenters. The van der Waals surface area contributed by atoms with Gasteiger partial charge in [-0.05, 0) is 42.3 Å². The maximum Gasteiger partial charge on any atom is 0.231 e. The molecule has 140 valence electrons. The van der Waals surface area contributed by atoms with Gasteiger partial charge in [0.25, 0.3) is 0 Å². The predicted molar refractivity (Wildman–Crippen MR) is 109 cm³/mol. The highest BCUT2D eigenvalue weighted by Gasteiger charge is 2.12. The summed E-state index contributed by atoms with van der Waals surface area (Å²) in [6.45, 7) is 2.10. The summed E-state index contributed by atoms with van der Waals surface area (Å²) in [7, 11) is 3.21. The average molecular weight is 382 g/mol. The van der Waals surface area contributed by atoms with Crippen molar-refractivity contribution in [2.24, 2.45) is 0 Å². The Morgan fingerprint density at radius 3 is 2.48 bits per heavy atom. The molecule has 0 aliphatic carbocycles. The molecule has 1 heterocycles. The number of nitrogens with one attached hydrogen (secondary N) is 1. The van der Waals surface area contributed by atoms with Crippen molar-refractivity contribution in [3.8, 4) is 22.8 Å². The fraction of sp³-hybridized carbons (Fsp3) is 0.238. The number of methoxy groups -OCH3 is 2. The third-order valence-corrected chi connectivity index (χ3v) is 5.04. The lowest BCUT2D eigenvalue weighted by molar-refractivity contribution is -0.115. The van der Waals surface area contributed by atoms with Gasteiger partial charge in [0.2, 0.25) is 5.91 Å². The fourth-order valence-electron chi connectivity index (χ4n) is 2.69. The number of anilines is 1. The molecule has 0 aliphatic heterocycles. The highest BCUT2D eigenvalue weighted by Crippen LogP contribution is 2.32. The van der Waals surface area contributed by atoms with Crippen LogP contribution in [-0.2, 0) is 17.6 Å². The molecule has 1 amide bonds. The molecular formula is C21H22N2O3S. The number of ether oxygens (including phenoxy) is 2. The maximum absolute atomic E-state index is 12.3. The zero-order valence-corrected chi connectivity index (χ0v) is 16.4. The first kappa shape index (κ1) is 18.9. The number of nitrogens with zero attached hydrogens (tertiary/aromatic N) is 1. The largest absolute Gasteiger partial charge is 0.493 e. The standard InChI is InChI=1S/C21H22N2O3S/c1-4-14-5-8-16(9-6-14)22-20(24)12-21-23-17(13-27-21)15-7-10-18(25-2)19(11-15)26-3/h5-11,13H,4,12H2,1-3H3,(H,22,24). The molecule has 2 aromatic carbocycles. The Kier molecular flexibility index (Phi) is 6.08. The molecule has 0 radical (unpaired) electrons. The number of hydrogen-bond donors (Lipinski definition) is 1. The Bertz CT molecular complexity index is 919. The number of hydrogen-bond acceptors (Lipinski definition) is 5. The van der Waals surface area contributed by atoms with Gasteiger partial charge in [0, 0.05) is 16.6 Å². The third-order valence-electron chi connectivity index (χ3n) is 4.19. The number of rotatable bonds is 7. The second kappa shape index (κ2) is 8.68. The summed E-state index contributed by atoms with van der Waals surface area (Å²) in [6, 6.07) is 13.5. The lowest BCUT2D eigenvalue weighted by atomic mass is 10.1. The number of carbonyl (C=O) groups is 1. The molecule has 0 spiro atoms. The van der Waals surface area contributed by atoms with Crippen LogP contribution in [0, 0.1) is 0 Å². The quantitative estimate of drug-likeness (QED) is 0.650. The summed E-state index contributed by atoms with van der Waals surface area (Å²) < 4.78 is 10.6. The van der Waals surface area contributed by atoms with Crippen molar-refractivity contribution in [3.63, 3.8) is 0 Å². The molecule has 0 bridgehead atoms. The van der Waals surface area contributed by atoms with Crippen LogP contribution in [0.1, 0.15) is 17.5 Å². The summed E-state index contributed by atoms with van der Waals surface area (Å²) in [4.78, 5) is 16.9. The number of aryl methyl sites for hydroxylation is 1. The minimum atomic E-state index is -0.0764. The van der Waals surface area contributed by atoms with Crippen molar-refractivity contribution in [2.75, 3.05) is 19.5 Å². The molecule has 27 heavy (non-hydrogen) atoms. The van der Waals surface area contributed by atoms with Crippen molar-refractivity contribution >= 4 is 22.9 Å². The van der Waals surface area contributed by atoms with E-state index in [9.17, 15) is 4.79 Å². The van der Waals surface area contributed by atoms with Gasteiger partial charge in [0.15, 0.2) is 11.5 Å². The van der Waals surface area contributed by atoms with E-state index in [1.54, 1.807) is 14.2 Å². The second-order valence-corrected chi connectivity index (χ2v) is 6.91. The predicted octanol–water partition coefficient (Wildman–Crippen LogP) is 4.57. The van der Waals surface area contributed by atoms with Gasteiger partial charge in [-0.2, -0.15) is 0 Å². The molecule has 1 N–H and O–H groups in total. The zero-order chi connectivity index (χ0) is 19.2. The van der Waals surface area contributed by atoms with E-state index in [0.29, 0.717) is 11.5 Å². The second-order valence-electron chi connectivity index (χ2n) is 5.97. The SMILES string of the molecule is CCc1ccc(NC(=O)Cc2nc(-c3ccc(OC)c(OC)c3)cs2)cc1. The van der Waals surface area contributed by atoms with Gasteiger partial charge >= 0.3 is 0 Å². The number of aromatic nitrogens is 1. The van der Waals surface area contributed by atoms with E-state index in [1.807, 2.05) is 47.8 Å². The Labute approximate surface area is 163 Å². The topological polar surface area (TPSA) is 60.5 Å². The van der Waals surface area contributed by atoms with E-state index in [0.717, 1.165) is 28.4 Å². The molecule has 0 aliphatic rings. The number of amides is 1. The lowest BCUT2D eigenvalue weighted by Crippen LogP contribution is -2.14. The first-order valence-corrected chi connectivity index (χ1v) is 9.56. The van der Waals surface area contributed by atoms with E-state index >= 15 is 0 Å². The fourth-order valence-corrected chi connectivity index (χ4v) is 3.49. The van der Waals surface area contributed by atoms with Crippen LogP contribution in [-0.4, -0.2) is 25.1 Å².